The second kappa shape index (κ2) is 7.99. The van der Waals surface area contributed by atoms with Crippen LogP contribution in [0.4, 0.5) is 4.79 Å². The minimum absolute atomic E-state index is 0.382. The van der Waals surface area contributed by atoms with E-state index in [4.69, 9.17) is 23.2 Å². The number of hydrogen-bond acceptors (Lipinski definition) is 3. The highest BCUT2D eigenvalue weighted by molar-refractivity contribution is 6.42. The van der Waals surface area contributed by atoms with Gasteiger partial charge in [0.15, 0.2) is 0 Å². The zero-order valence-electron chi connectivity index (χ0n) is 14.0. The highest BCUT2D eigenvalue weighted by atomic mass is 35.5. The standard InChI is InChI=1S/C16H23Cl2N3O2/c1-10(14(22)19-15(23)20-16(2,3)4)21(5)9-11-7-6-8-12(17)13(11)18/h6-8,10H,9H2,1-5H3,(H2,19,20,22,23)/t10-/m0/s1. The van der Waals surface area contributed by atoms with Gasteiger partial charge in [-0.3, -0.25) is 15.0 Å². The van der Waals surface area contributed by atoms with Gasteiger partial charge in [0.05, 0.1) is 16.1 Å². The van der Waals surface area contributed by atoms with Gasteiger partial charge >= 0.3 is 6.03 Å². The minimum atomic E-state index is -0.511. The van der Waals surface area contributed by atoms with Gasteiger partial charge in [-0.1, -0.05) is 35.3 Å². The number of carbonyl (C=O) groups excluding carboxylic acids is 2. The van der Waals surface area contributed by atoms with E-state index in [0.717, 1.165) is 5.56 Å². The molecule has 0 spiro atoms. The predicted octanol–water partition coefficient (Wildman–Crippen LogP) is 3.44. The van der Waals surface area contributed by atoms with Crippen LogP contribution in [0.3, 0.4) is 0 Å². The average molecular weight is 360 g/mol. The summed E-state index contributed by atoms with van der Waals surface area (Å²) in [5.41, 5.74) is 0.411. The van der Waals surface area contributed by atoms with Gasteiger partial charge in [0.2, 0.25) is 5.91 Å². The average Bonchev–Trinajstić information content (AvgIpc) is 2.40. The van der Waals surface area contributed by atoms with Gasteiger partial charge in [-0.05, 0) is 46.4 Å². The fourth-order valence-electron chi connectivity index (χ4n) is 1.86. The van der Waals surface area contributed by atoms with Crippen molar-refractivity contribution in [2.45, 2.75) is 45.8 Å². The van der Waals surface area contributed by atoms with E-state index in [2.05, 4.69) is 10.6 Å². The summed E-state index contributed by atoms with van der Waals surface area (Å²) in [6, 6.07) is 4.35. The molecule has 0 saturated carbocycles. The van der Waals surface area contributed by atoms with Gasteiger partial charge in [0, 0.05) is 12.1 Å². The quantitative estimate of drug-likeness (QED) is 0.865. The van der Waals surface area contributed by atoms with Crippen LogP contribution in [0.25, 0.3) is 0 Å². The molecule has 1 rings (SSSR count). The number of carbonyl (C=O) groups is 2. The van der Waals surface area contributed by atoms with Gasteiger partial charge in [0.1, 0.15) is 0 Å². The molecule has 0 radical (unpaired) electrons. The fourth-order valence-corrected chi connectivity index (χ4v) is 2.24. The Bertz CT molecular complexity index is 585. The van der Waals surface area contributed by atoms with E-state index in [1.54, 1.807) is 31.0 Å². The summed E-state index contributed by atoms with van der Waals surface area (Å²) < 4.78 is 0. The number of rotatable bonds is 4. The third kappa shape index (κ3) is 6.37. The van der Waals surface area contributed by atoms with Gasteiger partial charge < -0.3 is 5.32 Å². The lowest BCUT2D eigenvalue weighted by atomic mass is 10.1. The van der Waals surface area contributed by atoms with Crippen molar-refractivity contribution in [2.75, 3.05) is 7.05 Å². The monoisotopic (exact) mass is 359 g/mol. The topological polar surface area (TPSA) is 61.4 Å². The second-order valence-electron chi connectivity index (χ2n) is 6.50. The summed E-state index contributed by atoms with van der Waals surface area (Å²) in [6.45, 7) is 7.68. The lowest BCUT2D eigenvalue weighted by Crippen LogP contribution is -2.52. The van der Waals surface area contributed by atoms with Crippen molar-refractivity contribution in [2.24, 2.45) is 0 Å². The molecule has 5 nitrogen and oxygen atoms in total. The molecule has 0 heterocycles. The molecule has 1 atom stereocenters. The zero-order valence-corrected chi connectivity index (χ0v) is 15.5. The number of amides is 3. The maximum atomic E-state index is 12.2. The number of benzene rings is 1. The summed E-state index contributed by atoms with van der Waals surface area (Å²) in [4.78, 5) is 25.7. The van der Waals surface area contributed by atoms with Crippen LogP contribution in [0.2, 0.25) is 10.0 Å². The Morgan fingerprint density at radius 2 is 1.87 bits per heavy atom. The van der Waals surface area contributed by atoms with Crippen LogP contribution in [0.15, 0.2) is 18.2 Å². The molecule has 0 aromatic heterocycles. The van der Waals surface area contributed by atoms with Crippen molar-refractivity contribution in [3.05, 3.63) is 33.8 Å². The summed E-state index contributed by atoms with van der Waals surface area (Å²) in [5.74, 6) is -0.382. The number of halogens is 2. The predicted molar refractivity (Wildman–Crippen MR) is 93.8 cm³/mol. The Balaban J connectivity index is 2.65. The third-order valence-electron chi connectivity index (χ3n) is 3.22. The second-order valence-corrected chi connectivity index (χ2v) is 7.28. The molecule has 0 aliphatic heterocycles. The van der Waals surface area contributed by atoms with E-state index >= 15 is 0 Å². The van der Waals surface area contributed by atoms with Crippen molar-refractivity contribution in [1.82, 2.24) is 15.5 Å². The fraction of sp³-hybridized carbons (Fsp3) is 0.500. The molecule has 1 aromatic carbocycles. The van der Waals surface area contributed by atoms with Crippen molar-refractivity contribution in [3.8, 4) is 0 Å². The molecule has 0 saturated heterocycles. The van der Waals surface area contributed by atoms with E-state index in [1.165, 1.54) is 0 Å². The van der Waals surface area contributed by atoms with Gasteiger partial charge in [-0.25, -0.2) is 4.79 Å². The lowest BCUT2D eigenvalue weighted by Gasteiger charge is -2.25. The van der Waals surface area contributed by atoms with E-state index in [0.29, 0.717) is 16.6 Å². The lowest BCUT2D eigenvalue weighted by molar-refractivity contribution is -0.124. The third-order valence-corrected chi connectivity index (χ3v) is 4.08. The molecule has 1 aromatic rings. The highest BCUT2D eigenvalue weighted by Crippen LogP contribution is 2.26. The van der Waals surface area contributed by atoms with Crippen molar-refractivity contribution in [3.63, 3.8) is 0 Å². The SMILES string of the molecule is C[C@@H](C(=O)NC(=O)NC(C)(C)C)N(C)Cc1cccc(Cl)c1Cl. The summed E-state index contributed by atoms with van der Waals surface area (Å²) >= 11 is 12.1. The van der Waals surface area contributed by atoms with Crippen molar-refractivity contribution >= 4 is 35.1 Å². The van der Waals surface area contributed by atoms with Crippen LogP contribution < -0.4 is 10.6 Å². The van der Waals surface area contributed by atoms with Gasteiger partial charge in [-0.2, -0.15) is 0 Å². The minimum Gasteiger partial charge on any atom is -0.333 e. The first-order valence-corrected chi connectivity index (χ1v) is 8.03. The first-order valence-electron chi connectivity index (χ1n) is 7.27. The number of imide groups is 1. The van der Waals surface area contributed by atoms with Crippen LogP contribution in [0.5, 0.6) is 0 Å². The molecule has 7 heteroatoms. The largest absolute Gasteiger partial charge is 0.333 e. The molecule has 0 aliphatic rings. The molecular weight excluding hydrogens is 337 g/mol. The molecular formula is C16H23Cl2N3O2. The van der Waals surface area contributed by atoms with E-state index in [9.17, 15) is 9.59 Å². The van der Waals surface area contributed by atoms with Crippen LogP contribution in [-0.4, -0.2) is 35.5 Å². The summed E-state index contributed by atoms with van der Waals surface area (Å²) in [7, 11) is 1.78. The Hall–Kier alpha value is -1.30. The first-order chi connectivity index (χ1) is 10.5. The Morgan fingerprint density at radius 3 is 2.43 bits per heavy atom. The Kier molecular flexibility index (Phi) is 6.86. The highest BCUT2D eigenvalue weighted by Gasteiger charge is 2.22. The molecule has 0 unspecified atom stereocenters. The van der Waals surface area contributed by atoms with Crippen LogP contribution in [0, 0.1) is 0 Å². The molecule has 128 valence electrons. The van der Waals surface area contributed by atoms with Gasteiger partial charge in [0.25, 0.3) is 0 Å². The number of nitrogens with zero attached hydrogens (tertiary/aromatic N) is 1. The summed E-state index contributed by atoms with van der Waals surface area (Å²) in [5, 5.41) is 5.96. The van der Waals surface area contributed by atoms with E-state index in [1.807, 2.05) is 26.8 Å². The van der Waals surface area contributed by atoms with Crippen LogP contribution in [0.1, 0.15) is 33.3 Å². The molecule has 2 N–H and O–H groups in total. The van der Waals surface area contributed by atoms with Crippen molar-refractivity contribution in [1.29, 1.82) is 0 Å². The molecule has 0 aliphatic carbocycles. The van der Waals surface area contributed by atoms with E-state index in [-0.39, 0.29) is 5.91 Å². The normalized spacial score (nSPS) is 12.9. The zero-order chi connectivity index (χ0) is 17.8. The Morgan fingerprint density at radius 1 is 1.26 bits per heavy atom. The van der Waals surface area contributed by atoms with Gasteiger partial charge in [-0.15, -0.1) is 0 Å². The van der Waals surface area contributed by atoms with Crippen LogP contribution >= 0.6 is 23.2 Å². The smallest absolute Gasteiger partial charge is 0.321 e. The summed E-state index contributed by atoms with van der Waals surface area (Å²) in [6.07, 6.45) is 0. The number of likely N-dealkylation sites (N-methyl/N-ethyl adjacent to an activating group) is 1. The molecule has 3 amide bonds. The number of hydrogen-bond donors (Lipinski definition) is 2. The first kappa shape index (κ1) is 19.7. The maximum absolute atomic E-state index is 12.2. The molecule has 0 bridgehead atoms. The molecule has 0 fully saturated rings. The van der Waals surface area contributed by atoms with E-state index < -0.39 is 17.6 Å². The maximum Gasteiger partial charge on any atom is 0.321 e. The number of urea groups is 1. The van der Waals surface area contributed by atoms with Crippen molar-refractivity contribution < 1.29 is 9.59 Å². The molecule has 23 heavy (non-hydrogen) atoms. The Labute approximate surface area is 147 Å². The van der Waals surface area contributed by atoms with Crippen LogP contribution in [-0.2, 0) is 11.3 Å². The number of nitrogens with one attached hydrogen (secondary N) is 2.